The minimum absolute atomic E-state index is 0.275. The van der Waals surface area contributed by atoms with Crippen molar-refractivity contribution in [3.63, 3.8) is 0 Å². The average Bonchev–Trinajstić information content (AvgIpc) is 2.68. The number of quaternary nitrogens is 1. The number of methoxy groups -OCH3 is 1. The first-order valence-electron chi connectivity index (χ1n) is 10.2. The summed E-state index contributed by atoms with van der Waals surface area (Å²) in [5, 5.41) is 2.97. The molecule has 1 N–H and O–H groups in total. The fourth-order valence-corrected chi connectivity index (χ4v) is 2.57. The van der Waals surface area contributed by atoms with Gasteiger partial charge in [-0.1, -0.05) is 30.3 Å². The fraction of sp³-hybridized carbons (Fsp3) is 0.682. The maximum absolute atomic E-state index is 12.1. The summed E-state index contributed by atoms with van der Waals surface area (Å²) in [6, 6.07) is 9.67. The van der Waals surface area contributed by atoms with Gasteiger partial charge in [-0.05, 0) is 19.4 Å². The van der Waals surface area contributed by atoms with E-state index >= 15 is 0 Å². The molecule has 0 radical (unpaired) electrons. The summed E-state index contributed by atoms with van der Waals surface area (Å²) in [6.07, 6.45) is 0.446. The van der Waals surface area contributed by atoms with E-state index in [-0.39, 0.29) is 18.2 Å². The molecule has 0 bridgehead atoms. The van der Waals surface area contributed by atoms with E-state index in [1.807, 2.05) is 44.2 Å². The molecule has 0 saturated heterocycles. The number of benzene rings is 1. The number of nitrogens with one attached hydrogen (secondary N) is 1. The lowest BCUT2D eigenvalue weighted by atomic mass is 10.0. The molecular weight excluding hydrogens is 372 g/mol. The molecule has 0 aromatic heterocycles. The molecule has 7 nitrogen and oxygen atoms in total. The molecule has 0 atom stereocenters. The van der Waals surface area contributed by atoms with E-state index in [1.165, 1.54) is 0 Å². The number of hydrogen-bond donors (Lipinski definition) is 1. The summed E-state index contributed by atoms with van der Waals surface area (Å²) in [5.41, 5.74) is 0.627. The van der Waals surface area contributed by atoms with Gasteiger partial charge in [0.15, 0.2) is 0 Å². The van der Waals surface area contributed by atoms with E-state index < -0.39 is 0 Å². The normalized spacial score (nSPS) is 12.0. The molecule has 29 heavy (non-hydrogen) atoms. The van der Waals surface area contributed by atoms with Crippen molar-refractivity contribution in [1.82, 2.24) is 5.32 Å². The molecule has 1 aromatic rings. The lowest BCUT2D eigenvalue weighted by Crippen LogP contribution is -2.50. The predicted octanol–water partition coefficient (Wildman–Crippen LogP) is 2.84. The second-order valence-electron chi connectivity index (χ2n) is 8.42. The number of nitrogens with zero attached hydrogens (tertiary/aromatic N) is 1. The van der Waals surface area contributed by atoms with Crippen molar-refractivity contribution in [3.8, 4) is 0 Å². The van der Waals surface area contributed by atoms with E-state index in [0.29, 0.717) is 33.0 Å². The molecule has 1 aromatic carbocycles. The van der Waals surface area contributed by atoms with Crippen LogP contribution in [-0.2, 0) is 25.6 Å². The van der Waals surface area contributed by atoms with Gasteiger partial charge in [-0.15, -0.1) is 0 Å². The highest BCUT2D eigenvalue weighted by molar-refractivity contribution is 5.68. The van der Waals surface area contributed by atoms with Crippen LogP contribution in [0.3, 0.4) is 0 Å². The number of hydrogen-bond acceptors (Lipinski definition) is 5. The lowest BCUT2D eigenvalue weighted by molar-refractivity contribution is -0.891. The van der Waals surface area contributed by atoms with Gasteiger partial charge in [0.2, 0.25) is 0 Å². The quantitative estimate of drug-likeness (QED) is 0.355. The Kier molecular flexibility index (Phi) is 11.8. The van der Waals surface area contributed by atoms with Gasteiger partial charge in [0.25, 0.3) is 0 Å². The predicted molar refractivity (Wildman–Crippen MR) is 114 cm³/mol. The third-order valence-electron chi connectivity index (χ3n) is 4.64. The SMILES string of the molecule is COCCOCCOCC[N+](C)(C)CCC(C)(C)NC(=O)OCc1ccccc1. The van der Waals surface area contributed by atoms with E-state index in [9.17, 15) is 4.79 Å². The van der Waals surface area contributed by atoms with Gasteiger partial charge in [0.05, 0.1) is 53.7 Å². The van der Waals surface area contributed by atoms with Crippen molar-refractivity contribution < 1.29 is 28.2 Å². The standard InChI is InChI=1S/C22H38N2O5/c1-22(2,23-21(25)29-19-20-9-7-6-8-10-20)11-12-24(3,4)13-14-27-17-18-28-16-15-26-5/h6-10H,11-19H2,1-5H3/p+1. The zero-order valence-electron chi connectivity index (χ0n) is 18.7. The van der Waals surface area contributed by atoms with E-state index in [1.54, 1.807) is 7.11 Å². The molecule has 1 amide bonds. The van der Waals surface area contributed by atoms with E-state index in [0.717, 1.165) is 29.6 Å². The van der Waals surface area contributed by atoms with Crippen LogP contribution in [0.1, 0.15) is 25.8 Å². The van der Waals surface area contributed by atoms with Gasteiger partial charge in [-0.3, -0.25) is 0 Å². The molecule has 0 fully saturated rings. The maximum Gasteiger partial charge on any atom is 0.407 e. The van der Waals surface area contributed by atoms with Gasteiger partial charge in [0, 0.05) is 19.1 Å². The Labute approximate surface area is 175 Å². The molecular formula is C22H39N2O5+. The number of carbonyl (C=O) groups is 1. The molecule has 0 spiro atoms. The van der Waals surface area contributed by atoms with Crippen molar-refractivity contribution in [1.29, 1.82) is 0 Å². The van der Waals surface area contributed by atoms with Crippen molar-refractivity contribution in [2.45, 2.75) is 32.4 Å². The Hall–Kier alpha value is -1.67. The van der Waals surface area contributed by atoms with Crippen LogP contribution in [0.2, 0.25) is 0 Å². The van der Waals surface area contributed by atoms with Gasteiger partial charge in [0.1, 0.15) is 13.2 Å². The van der Waals surface area contributed by atoms with Crippen LogP contribution < -0.4 is 5.32 Å². The Morgan fingerprint density at radius 2 is 1.59 bits per heavy atom. The molecule has 0 aliphatic heterocycles. The second kappa shape index (κ2) is 13.5. The monoisotopic (exact) mass is 411 g/mol. The van der Waals surface area contributed by atoms with Crippen LogP contribution >= 0.6 is 0 Å². The highest BCUT2D eigenvalue weighted by Crippen LogP contribution is 2.13. The Morgan fingerprint density at radius 1 is 0.966 bits per heavy atom. The highest BCUT2D eigenvalue weighted by atomic mass is 16.5. The summed E-state index contributed by atoms with van der Waals surface area (Å²) >= 11 is 0. The maximum atomic E-state index is 12.1. The molecule has 0 unspecified atom stereocenters. The van der Waals surface area contributed by atoms with Crippen LogP contribution in [0.25, 0.3) is 0 Å². The first-order chi connectivity index (χ1) is 13.7. The third kappa shape index (κ3) is 13.2. The lowest BCUT2D eigenvalue weighted by Gasteiger charge is -2.34. The number of rotatable bonds is 15. The molecule has 0 aliphatic carbocycles. The first kappa shape index (κ1) is 25.4. The number of alkyl carbamates (subject to hydrolysis) is 1. The van der Waals surface area contributed by atoms with Gasteiger partial charge in [-0.25, -0.2) is 4.79 Å². The van der Waals surface area contributed by atoms with E-state index in [4.69, 9.17) is 18.9 Å². The summed E-state index contributed by atoms with van der Waals surface area (Å²) in [4.78, 5) is 12.1. The molecule has 1 rings (SSSR count). The minimum Gasteiger partial charge on any atom is -0.445 e. The Morgan fingerprint density at radius 3 is 2.24 bits per heavy atom. The van der Waals surface area contributed by atoms with Crippen LogP contribution in [0.4, 0.5) is 4.79 Å². The van der Waals surface area contributed by atoms with Crippen LogP contribution in [0.15, 0.2) is 30.3 Å². The number of ether oxygens (including phenoxy) is 4. The summed E-state index contributed by atoms with van der Waals surface area (Å²) in [5.74, 6) is 0. The molecule has 0 aliphatic rings. The second-order valence-corrected chi connectivity index (χ2v) is 8.42. The highest BCUT2D eigenvalue weighted by Gasteiger charge is 2.26. The number of likely N-dealkylation sites (N-methyl/N-ethyl adjacent to an activating group) is 1. The first-order valence-corrected chi connectivity index (χ1v) is 10.2. The van der Waals surface area contributed by atoms with Gasteiger partial charge < -0.3 is 28.7 Å². The number of amides is 1. The van der Waals surface area contributed by atoms with Crippen LogP contribution in [0.5, 0.6) is 0 Å². The largest absolute Gasteiger partial charge is 0.445 e. The Balaban J connectivity index is 2.20. The van der Waals surface area contributed by atoms with Gasteiger partial charge >= 0.3 is 6.09 Å². The minimum atomic E-state index is -0.388. The van der Waals surface area contributed by atoms with Crippen molar-refractivity contribution in [2.24, 2.45) is 0 Å². The molecule has 166 valence electrons. The van der Waals surface area contributed by atoms with Crippen molar-refractivity contribution >= 4 is 6.09 Å². The van der Waals surface area contributed by atoms with Gasteiger partial charge in [-0.2, -0.15) is 0 Å². The molecule has 7 heteroatoms. The average molecular weight is 412 g/mol. The van der Waals surface area contributed by atoms with Crippen LogP contribution in [0, 0.1) is 0 Å². The van der Waals surface area contributed by atoms with Crippen molar-refractivity contribution in [3.05, 3.63) is 35.9 Å². The smallest absolute Gasteiger partial charge is 0.407 e. The Bertz CT molecular complexity index is 564. The zero-order chi connectivity index (χ0) is 21.6. The topological polar surface area (TPSA) is 66.0 Å². The third-order valence-corrected chi connectivity index (χ3v) is 4.64. The zero-order valence-corrected chi connectivity index (χ0v) is 18.7. The summed E-state index contributed by atoms with van der Waals surface area (Å²) in [6.45, 7) is 9.17. The molecule has 0 saturated carbocycles. The molecule has 0 heterocycles. The van der Waals surface area contributed by atoms with Crippen molar-refractivity contribution in [2.75, 3.05) is 67.3 Å². The van der Waals surface area contributed by atoms with Crippen LogP contribution in [-0.4, -0.2) is 83.4 Å². The summed E-state index contributed by atoms with van der Waals surface area (Å²) < 4.78 is 22.1. The summed E-state index contributed by atoms with van der Waals surface area (Å²) in [7, 11) is 5.99. The van der Waals surface area contributed by atoms with E-state index in [2.05, 4.69) is 19.4 Å². The number of carbonyl (C=O) groups excluding carboxylic acids is 1. The fourth-order valence-electron chi connectivity index (χ4n) is 2.57.